The SMILES string of the molecule is C[C@@]12C(=CC(=O)O[C@@H]1O)[C@H]1O[C@H]1[C@@H]1[C@@H]2CC[C@@]2(C)[C@H]1CC[C@@]21CCCO1. The number of carbonyl (C=O) groups excluding carboxylic acids is 1. The largest absolute Gasteiger partial charge is 0.432 e. The van der Waals surface area contributed by atoms with Crippen LogP contribution < -0.4 is 0 Å². The van der Waals surface area contributed by atoms with Crippen molar-refractivity contribution in [2.75, 3.05) is 6.61 Å². The van der Waals surface area contributed by atoms with E-state index in [1.807, 2.05) is 0 Å². The van der Waals surface area contributed by atoms with Crippen molar-refractivity contribution < 1.29 is 24.1 Å². The minimum atomic E-state index is -1.06. The quantitative estimate of drug-likeness (QED) is 0.531. The second-order valence-electron chi connectivity index (χ2n) is 9.92. The highest BCUT2D eigenvalue weighted by molar-refractivity contribution is 5.85. The van der Waals surface area contributed by atoms with Gasteiger partial charge in [-0.05, 0) is 74.2 Å². The number of esters is 1. The van der Waals surface area contributed by atoms with Crippen molar-refractivity contribution in [2.45, 2.75) is 76.5 Å². The van der Waals surface area contributed by atoms with Crippen molar-refractivity contribution in [3.8, 4) is 0 Å². The first-order valence-corrected chi connectivity index (χ1v) is 10.3. The molecule has 1 N–H and O–H groups in total. The number of hydrogen-bond acceptors (Lipinski definition) is 5. The van der Waals surface area contributed by atoms with Crippen molar-refractivity contribution in [1.82, 2.24) is 0 Å². The number of rotatable bonds is 0. The van der Waals surface area contributed by atoms with Gasteiger partial charge in [0.15, 0.2) is 0 Å². The van der Waals surface area contributed by atoms with Crippen molar-refractivity contribution >= 4 is 5.97 Å². The molecule has 3 saturated carbocycles. The van der Waals surface area contributed by atoms with Crippen LogP contribution in [0.2, 0.25) is 0 Å². The van der Waals surface area contributed by atoms with E-state index in [-0.39, 0.29) is 23.2 Å². The van der Waals surface area contributed by atoms with Crippen LogP contribution in [0.3, 0.4) is 0 Å². The second kappa shape index (κ2) is 4.73. The minimum absolute atomic E-state index is 0.00727. The molecule has 26 heavy (non-hydrogen) atoms. The van der Waals surface area contributed by atoms with E-state index in [1.165, 1.54) is 19.3 Å². The van der Waals surface area contributed by atoms with E-state index in [9.17, 15) is 9.90 Å². The number of epoxide rings is 1. The van der Waals surface area contributed by atoms with Gasteiger partial charge in [-0.25, -0.2) is 4.79 Å². The van der Waals surface area contributed by atoms with Crippen molar-refractivity contribution in [3.05, 3.63) is 11.6 Å². The Balaban J connectivity index is 1.43. The lowest BCUT2D eigenvalue weighted by Gasteiger charge is -2.58. The van der Waals surface area contributed by atoms with Gasteiger partial charge >= 0.3 is 5.97 Å². The third-order valence-corrected chi connectivity index (χ3v) is 9.34. The van der Waals surface area contributed by atoms with Crippen molar-refractivity contribution in [2.24, 2.45) is 28.6 Å². The van der Waals surface area contributed by atoms with E-state index in [0.717, 1.165) is 31.4 Å². The highest BCUT2D eigenvalue weighted by atomic mass is 16.6. The van der Waals surface area contributed by atoms with Gasteiger partial charge in [-0.2, -0.15) is 0 Å². The maximum absolute atomic E-state index is 11.9. The Morgan fingerprint density at radius 1 is 1.15 bits per heavy atom. The third kappa shape index (κ3) is 1.63. The summed E-state index contributed by atoms with van der Waals surface area (Å²) in [6, 6.07) is 0. The molecule has 0 unspecified atom stereocenters. The first-order valence-electron chi connectivity index (χ1n) is 10.3. The summed E-state index contributed by atoms with van der Waals surface area (Å²) < 4.78 is 17.8. The van der Waals surface area contributed by atoms with Gasteiger partial charge in [-0.3, -0.25) is 0 Å². The lowest BCUT2D eigenvalue weighted by Crippen LogP contribution is -2.60. The van der Waals surface area contributed by atoms with Gasteiger partial charge in [0.1, 0.15) is 6.10 Å². The Morgan fingerprint density at radius 2 is 1.96 bits per heavy atom. The number of fused-ring (bicyclic) bond motifs is 9. The lowest BCUT2D eigenvalue weighted by atomic mass is 9.47. The van der Waals surface area contributed by atoms with Crippen LogP contribution in [0.4, 0.5) is 0 Å². The molecule has 142 valence electrons. The fourth-order valence-corrected chi connectivity index (χ4v) is 7.94. The van der Waals surface area contributed by atoms with E-state index in [0.29, 0.717) is 17.8 Å². The zero-order valence-electron chi connectivity index (χ0n) is 15.6. The highest BCUT2D eigenvalue weighted by Gasteiger charge is 2.73. The first kappa shape index (κ1) is 16.1. The monoisotopic (exact) mass is 360 g/mol. The van der Waals surface area contributed by atoms with Crippen LogP contribution in [0.5, 0.6) is 0 Å². The maximum Gasteiger partial charge on any atom is 0.333 e. The molecule has 3 heterocycles. The van der Waals surface area contributed by atoms with Crippen LogP contribution in [0.15, 0.2) is 11.6 Å². The highest BCUT2D eigenvalue weighted by Crippen LogP contribution is 2.72. The fourth-order valence-electron chi connectivity index (χ4n) is 7.94. The van der Waals surface area contributed by atoms with Gasteiger partial charge in [-0.15, -0.1) is 0 Å². The number of aliphatic hydroxyl groups is 1. The van der Waals surface area contributed by atoms with Crippen LogP contribution in [0, 0.1) is 28.6 Å². The molecular formula is C21H28O5. The molecule has 5 heteroatoms. The molecule has 0 aromatic rings. The van der Waals surface area contributed by atoms with Crippen LogP contribution in [0.25, 0.3) is 0 Å². The zero-order valence-corrected chi connectivity index (χ0v) is 15.6. The Hall–Kier alpha value is -0.910. The number of carbonyl (C=O) groups is 1. The summed E-state index contributed by atoms with van der Waals surface area (Å²) in [5.41, 5.74) is 0.724. The molecule has 0 bridgehead atoms. The molecule has 3 aliphatic carbocycles. The number of aliphatic hydroxyl groups excluding tert-OH is 1. The summed E-state index contributed by atoms with van der Waals surface area (Å²) >= 11 is 0. The topological polar surface area (TPSA) is 68.3 Å². The molecule has 5 fully saturated rings. The molecule has 0 amide bonds. The molecular weight excluding hydrogens is 332 g/mol. The number of ether oxygens (including phenoxy) is 3. The van der Waals surface area contributed by atoms with Crippen LogP contribution in [0.1, 0.15) is 52.4 Å². The summed E-state index contributed by atoms with van der Waals surface area (Å²) in [5.74, 6) is 0.862. The molecule has 5 nitrogen and oxygen atoms in total. The smallest absolute Gasteiger partial charge is 0.333 e. The average Bonchev–Trinajstić information content (AvgIpc) is 3.14. The van der Waals surface area contributed by atoms with Crippen LogP contribution in [-0.2, 0) is 19.0 Å². The van der Waals surface area contributed by atoms with Crippen molar-refractivity contribution in [1.29, 1.82) is 0 Å². The zero-order chi connectivity index (χ0) is 17.9. The Labute approximate surface area is 154 Å². The predicted molar refractivity (Wildman–Crippen MR) is 91.9 cm³/mol. The van der Waals surface area contributed by atoms with Crippen LogP contribution >= 0.6 is 0 Å². The van der Waals surface area contributed by atoms with Gasteiger partial charge in [0.2, 0.25) is 6.29 Å². The molecule has 9 atom stereocenters. The van der Waals surface area contributed by atoms with E-state index >= 15 is 0 Å². The number of hydrogen-bond donors (Lipinski definition) is 1. The standard InChI is InChI=1S/C21H28O5/c1-19-7-4-12-15(11(19)5-8-21(19)6-3-9-24-21)17-16(26-17)13-10-14(22)25-18(23)20(12,13)2/h10-12,15-18,23H,3-9H2,1-2H3/t11-,12-,15-,16+,17-,18-,19-,20+,21-/m0/s1. The molecule has 2 saturated heterocycles. The van der Waals surface area contributed by atoms with Gasteiger partial charge in [0.25, 0.3) is 0 Å². The minimum Gasteiger partial charge on any atom is -0.432 e. The van der Waals surface area contributed by atoms with E-state index in [1.54, 1.807) is 6.08 Å². The maximum atomic E-state index is 11.9. The van der Waals surface area contributed by atoms with Gasteiger partial charge in [0, 0.05) is 12.7 Å². The van der Waals surface area contributed by atoms with E-state index < -0.39 is 17.7 Å². The van der Waals surface area contributed by atoms with Gasteiger partial charge in [-0.1, -0.05) is 6.92 Å². The number of cyclic esters (lactones) is 1. The summed E-state index contributed by atoms with van der Waals surface area (Å²) in [7, 11) is 0. The average molecular weight is 360 g/mol. The summed E-state index contributed by atoms with van der Waals surface area (Å²) in [4.78, 5) is 11.9. The molecule has 6 rings (SSSR count). The van der Waals surface area contributed by atoms with Crippen molar-refractivity contribution in [3.63, 3.8) is 0 Å². The Bertz CT molecular complexity index is 709. The predicted octanol–water partition coefficient (Wildman–Crippen LogP) is 2.57. The molecule has 6 aliphatic rings. The van der Waals surface area contributed by atoms with Crippen LogP contribution in [-0.4, -0.2) is 41.8 Å². The molecule has 1 spiro atoms. The Morgan fingerprint density at radius 3 is 2.73 bits per heavy atom. The molecule has 0 aromatic heterocycles. The molecule has 3 aliphatic heterocycles. The molecule has 0 aromatic carbocycles. The summed E-state index contributed by atoms with van der Waals surface area (Å²) in [5, 5.41) is 10.8. The third-order valence-electron chi connectivity index (χ3n) is 9.34. The summed E-state index contributed by atoms with van der Waals surface area (Å²) in [6.07, 6.45) is 7.62. The first-order chi connectivity index (χ1) is 12.4. The van der Waals surface area contributed by atoms with Gasteiger partial charge in [0.05, 0.1) is 17.1 Å². The second-order valence-corrected chi connectivity index (χ2v) is 9.92. The van der Waals surface area contributed by atoms with E-state index in [4.69, 9.17) is 14.2 Å². The normalized spacial score (nSPS) is 59.8. The fraction of sp³-hybridized carbons (Fsp3) is 0.857. The molecule has 0 radical (unpaired) electrons. The lowest BCUT2D eigenvalue weighted by molar-refractivity contribution is -0.210. The summed E-state index contributed by atoms with van der Waals surface area (Å²) in [6.45, 7) is 5.44. The Kier molecular flexibility index (Phi) is 2.93. The van der Waals surface area contributed by atoms with Gasteiger partial charge < -0.3 is 19.3 Å². The van der Waals surface area contributed by atoms with E-state index in [2.05, 4.69) is 13.8 Å².